The lowest BCUT2D eigenvalue weighted by Crippen LogP contribution is -2.39. The van der Waals surface area contributed by atoms with Crippen molar-refractivity contribution < 1.29 is 9.59 Å². The third-order valence-corrected chi connectivity index (χ3v) is 5.45. The highest BCUT2D eigenvalue weighted by atomic mass is 35.5. The van der Waals surface area contributed by atoms with Crippen LogP contribution >= 0.6 is 11.6 Å². The second-order valence-corrected chi connectivity index (χ2v) is 7.33. The topological polar surface area (TPSA) is 61.4 Å². The van der Waals surface area contributed by atoms with Crippen molar-refractivity contribution in [1.82, 2.24) is 15.5 Å². The molecular formula is C20H30ClN3O2. The first-order valence-electron chi connectivity index (χ1n) is 9.50. The van der Waals surface area contributed by atoms with Gasteiger partial charge in [-0.3, -0.25) is 14.5 Å². The van der Waals surface area contributed by atoms with Crippen LogP contribution in [0.5, 0.6) is 0 Å². The fourth-order valence-corrected chi connectivity index (χ4v) is 3.52. The lowest BCUT2D eigenvalue weighted by atomic mass is 10.0. The van der Waals surface area contributed by atoms with Gasteiger partial charge in [0.25, 0.3) is 0 Å². The molecule has 5 nitrogen and oxygen atoms in total. The molecule has 0 aromatic heterocycles. The van der Waals surface area contributed by atoms with Gasteiger partial charge in [0.05, 0.1) is 6.04 Å². The van der Waals surface area contributed by atoms with Gasteiger partial charge >= 0.3 is 0 Å². The van der Waals surface area contributed by atoms with Crippen molar-refractivity contribution >= 4 is 23.4 Å². The molecule has 0 aliphatic heterocycles. The van der Waals surface area contributed by atoms with Gasteiger partial charge in [0.1, 0.15) is 0 Å². The second kappa shape index (κ2) is 9.93. The van der Waals surface area contributed by atoms with Crippen molar-refractivity contribution in [1.29, 1.82) is 0 Å². The molecule has 1 aliphatic carbocycles. The first kappa shape index (κ1) is 20.7. The molecule has 2 N–H and O–H groups in total. The van der Waals surface area contributed by atoms with Crippen molar-refractivity contribution in [2.24, 2.45) is 11.8 Å². The minimum absolute atomic E-state index is 0.0320. The number of nitrogens with one attached hydrogen (secondary N) is 2. The van der Waals surface area contributed by atoms with Crippen LogP contribution in [-0.4, -0.2) is 42.9 Å². The summed E-state index contributed by atoms with van der Waals surface area (Å²) in [6.45, 7) is 8.90. The first-order chi connectivity index (χ1) is 12.5. The summed E-state index contributed by atoms with van der Waals surface area (Å²) in [5.74, 6) is 0.639. The molecule has 1 aromatic carbocycles. The van der Waals surface area contributed by atoms with Crippen LogP contribution < -0.4 is 10.6 Å². The molecule has 1 fully saturated rings. The van der Waals surface area contributed by atoms with E-state index in [9.17, 15) is 9.59 Å². The Kier molecular flexibility index (Phi) is 7.91. The van der Waals surface area contributed by atoms with Crippen LogP contribution in [0.2, 0.25) is 5.02 Å². The normalized spacial score (nSPS) is 19.9. The molecule has 0 saturated heterocycles. The molecule has 0 spiro atoms. The monoisotopic (exact) mass is 379 g/mol. The number of likely N-dealkylation sites (N-methyl/N-ethyl adjacent to an activating group) is 1. The van der Waals surface area contributed by atoms with Crippen molar-refractivity contribution in [3.05, 3.63) is 34.9 Å². The summed E-state index contributed by atoms with van der Waals surface area (Å²) in [6, 6.07) is 7.80. The van der Waals surface area contributed by atoms with Gasteiger partial charge in [-0.2, -0.15) is 0 Å². The largest absolute Gasteiger partial charge is 0.355 e. The van der Waals surface area contributed by atoms with Gasteiger partial charge in [0.2, 0.25) is 11.8 Å². The molecule has 2 rings (SSSR count). The molecular weight excluding hydrogens is 350 g/mol. The number of amides is 2. The lowest BCUT2D eigenvalue weighted by molar-refractivity contribution is -0.123. The number of benzene rings is 1. The fourth-order valence-electron chi connectivity index (χ4n) is 3.26. The average Bonchev–Trinajstić information content (AvgIpc) is 3.36. The highest BCUT2D eigenvalue weighted by Gasteiger charge is 2.38. The summed E-state index contributed by atoms with van der Waals surface area (Å²) in [6.07, 6.45) is 1.25. The van der Waals surface area contributed by atoms with Crippen LogP contribution in [0.4, 0.5) is 0 Å². The zero-order valence-corrected chi connectivity index (χ0v) is 16.7. The smallest absolute Gasteiger partial charge is 0.223 e. The Morgan fingerprint density at radius 3 is 2.46 bits per heavy atom. The second-order valence-electron chi connectivity index (χ2n) is 6.92. The van der Waals surface area contributed by atoms with Crippen molar-refractivity contribution in [2.75, 3.05) is 26.2 Å². The number of halogens is 1. The predicted octanol–water partition coefficient (Wildman–Crippen LogP) is 3.00. The first-order valence-corrected chi connectivity index (χ1v) is 9.88. The zero-order chi connectivity index (χ0) is 19.1. The van der Waals surface area contributed by atoms with Crippen molar-refractivity contribution in [3.8, 4) is 0 Å². The van der Waals surface area contributed by atoms with Crippen LogP contribution in [-0.2, 0) is 9.59 Å². The average molecular weight is 380 g/mol. The van der Waals surface area contributed by atoms with Gasteiger partial charge < -0.3 is 10.6 Å². The van der Waals surface area contributed by atoms with Crippen LogP contribution in [0.25, 0.3) is 0 Å². The van der Waals surface area contributed by atoms with E-state index in [0.29, 0.717) is 30.5 Å². The quantitative estimate of drug-likeness (QED) is 0.657. The van der Waals surface area contributed by atoms with E-state index >= 15 is 0 Å². The molecule has 1 saturated carbocycles. The van der Waals surface area contributed by atoms with E-state index in [1.807, 2.05) is 24.3 Å². The van der Waals surface area contributed by atoms with Gasteiger partial charge in [-0.15, -0.1) is 0 Å². The van der Waals surface area contributed by atoms with Gasteiger partial charge in [-0.1, -0.05) is 50.6 Å². The van der Waals surface area contributed by atoms with Gasteiger partial charge in [-0.05, 0) is 37.1 Å². The highest BCUT2D eigenvalue weighted by molar-refractivity contribution is 6.31. The SMILES string of the molecule is CCN(CC)C(CNC(=O)CCNC(=O)C1CC1C)c1ccccc1Cl. The molecule has 3 atom stereocenters. The fraction of sp³-hybridized carbons (Fsp3) is 0.600. The van der Waals surface area contributed by atoms with E-state index in [1.165, 1.54) is 0 Å². The third-order valence-electron chi connectivity index (χ3n) is 5.11. The number of hydrogen-bond donors (Lipinski definition) is 2. The maximum atomic E-state index is 12.2. The van der Waals surface area contributed by atoms with E-state index < -0.39 is 0 Å². The summed E-state index contributed by atoms with van der Waals surface area (Å²) in [4.78, 5) is 26.2. The molecule has 1 aromatic rings. The predicted molar refractivity (Wildman–Crippen MR) is 105 cm³/mol. The molecule has 26 heavy (non-hydrogen) atoms. The van der Waals surface area contributed by atoms with Crippen molar-refractivity contribution in [3.63, 3.8) is 0 Å². The summed E-state index contributed by atoms with van der Waals surface area (Å²) in [5, 5.41) is 6.56. The lowest BCUT2D eigenvalue weighted by Gasteiger charge is -2.31. The number of hydrogen-bond acceptors (Lipinski definition) is 3. The van der Waals surface area contributed by atoms with Crippen molar-refractivity contribution in [2.45, 2.75) is 39.7 Å². The molecule has 2 amide bonds. The molecule has 0 heterocycles. The number of carbonyl (C=O) groups is 2. The van der Waals surface area contributed by atoms with E-state index in [0.717, 1.165) is 25.1 Å². The van der Waals surface area contributed by atoms with E-state index in [1.54, 1.807) is 0 Å². The summed E-state index contributed by atoms with van der Waals surface area (Å²) < 4.78 is 0. The Labute approximate surface area is 161 Å². The number of nitrogens with zero attached hydrogens (tertiary/aromatic N) is 1. The van der Waals surface area contributed by atoms with E-state index in [4.69, 9.17) is 11.6 Å². The van der Waals surface area contributed by atoms with Crippen LogP contribution in [0.3, 0.4) is 0 Å². The van der Waals surface area contributed by atoms with Crippen LogP contribution in [0, 0.1) is 11.8 Å². The molecule has 6 heteroatoms. The molecule has 144 valence electrons. The standard InChI is InChI=1S/C20H30ClN3O2/c1-4-24(5-2)18(15-8-6-7-9-17(15)21)13-23-19(25)10-11-22-20(26)16-12-14(16)3/h6-9,14,16,18H,4-5,10-13H2,1-3H3,(H,22,26)(H,23,25). The Hall–Kier alpha value is -1.59. The van der Waals surface area contributed by atoms with E-state index in [-0.39, 0.29) is 23.8 Å². The minimum atomic E-state index is -0.0571. The van der Waals surface area contributed by atoms with Crippen LogP contribution in [0.1, 0.15) is 45.2 Å². The Balaban J connectivity index is 1.85. The Morgan fingerprint density at radius 1 is 1.23 bits per heavy atom. The highest BCUT2D eigenvalue weighted by Crippen LogP contribution is 2.37. The minimum Gasteiger partial charge on any atom is -0.355 e. The molecule has 1 aliphatic rings. The molecule has 0 radical (unpaired) electrons. The van der Waals surface area contributed by atoms with Crippen LogP contribution in [0.15, 0.2) is 24.3 Å². The van der Waals surface area contributed by atoms with Gasteiger partial charge in [0, 0.05) is 30.5 Å². The Bertz CT molecular complexity index is 619. The van der Waals surface area contributed by atoms with Gasteiger partial charge in [0.15, 0.2) is 0 Å². The molecule has 3 unspecified atom stereocenters. The third kappa shape index (κ3) is 5.71. The maximum absolute atomic E-state index is 12.2. The zero-order valence-electron chi connectivity index (χ0n) is 15.9. The van der Waals surface area contributed by atoms with E-state index in [2.05, 4.69) is 36.3 Å². The summed E-state index contributed by atoms with van der Waals surface area (Å²) in [5.41, 5.74) is 1.02. The maximum Gasteiger partial charge on any atom is 0.223 e. The number of carbonyl (C=O) groups excluding carboxylic acids is 2. The Morgan fingerprint density at radius 2 is 1.88 bits per heavy atom. The molecule has 0 bridgehead atoms. The van der Waals surface area contributed by atoms with Gasteiger partial charge in [-0.25, -0.2) is 0 Å². The summed E-state index contributed by atoms with van der Waals surface area (Å²) in [7, 11) is 0. The summed E-state index contributed by atoms with van der Waals surface area (Å²) >= 11 is 6.37. The number of rotatable bonds is 10.